The average molecular weight is 267 g/mol. The van der Waals surface area contributed by atoms with Crippen LogP contribution in [-0.4, -0.2) is 23.6 Å². The summed E-state index contributed by atoms with van der Waals surface area (Å²) in [5.74, 6) is -5.85. The summed E-state index contributed by atoms with van der Waals surface area (Å²) in [5, 5.41) is 12.0. The molecule has 0 aliphatic carbocycles. The summed E-state index contributed by atoms with van der Waals surface area (Å²) in [7, 11) is 0. The predicted molar refractivity (Wildman–Crippen MR) is 63.2 cm³/mol. The lowest BCUT2D eigenvalue weighted by atomic mass is 10.1. The highest BCUT2D eigenvalue weighted by molar-refractivity contribution is 6.09. The molecule has 0 spiro atoms. The number of alkyl halides is 2. The molecule has 0 aromatic heterocycles. The van der Waals surface area contributed by atoms with Crippen molar-refractivity contribution >= 4 is 17.6 Å². The highest BCUT2D eigenvalue weighted by Gasteiger charge is 2.33. The van der Waals surface area contributed by atoms with Crippen molar-refractivity contribution in [3.05, 3.63) is 34.9 Å². The second kappa shape index (κ2) is 4.42. The SMILES string of the molecule is CC(F)(F)C(=O)NC(=N)c1ccc2c(c1)C(=O)NC2. The van der Waals surface area contributed by atoms with Gasteiger partial charge in [-0.25, -0.2) is 0 Å². The van der Waals surface area contributed by atoms with E-state index >= 15 is 0 Å². The van der Waals surface area contributed by atoms with Crippen LogP contribution >= 0.6 is 0 Å². The van der Waals surface area contributed by atoms with E-state index in [-0.39, 0.29) is 11.5 Å². The average Bonchev–Trinajstić information content (AvgIpc) is 2.69. The van der Waals surface area contributed by atoms with E-state index in [1.165, 1.54) is 12.1 Å². The Morgan fingerprint density at radius 1 is 1.47 bits per heavy atom. The summed E-state index contributed by atoms with van der Waals surface area (Å²) in [6.45, 7) is 0.854. The van der Waals surface area contributed by atoms with Gasteiger partial charge in [-0.15, -0.1) is 0 Å². The Balaban J connectivity index is 2.20. The zero-order chi connectivity index (χ0) is 14.2. The van der Waals surface area contributed by atoms with Crippen molar-refractivity contribution in [2.45, 2.75) is 19.4 Å². The van der Waals surface area contributed by atoms with E-state index in [9.17, 15) is 18.4 Å². The Morgan fingerprint density at radius 2 is 2.16 bits per heavy atom. The van der Waals surface area contributed by atoms with Crippen LogP contribution < -0.4 is 10.6 Å². The number of amides is 2. The van der Waals surface area contributed by atoms with Crippen LogP contribution in [0, 0.1) is 5.41 Å². The van der Waals surface area contributed by atoms with Gasteiger partial charge in [0.25, 0.3) is 11.8 Å². The first kappa shape index (κ1) is 13.1. The number of benzene rings is 1. The van der Waals surface area contributed by atoms with Crippen molar-refractivity contribution in [3.8, 4) is 0 Å². The maximum atomic E-state index is 12.7. The Kier molecular flexibility index (Phi) is 3.05. The lowest BCUT2D eigenvalue weighted by molar-refractivity contribution is -0.141. The van der Waals surface area contributed by atoms with Crippen LogP contribution in [0.25, 0.3) is 0 Å². The van der Waals surface area contributed by atoms with Crippen LogP contribution in [0.4, 0.5) is 8.78 Å². The number of hydrogen-bond donors (Lipinski definition) is 3. The maximum Gasteiger partial charge on any atom is 0.322 e. The number of rotatable bonds is 2. The fraction of sp³-hybridized carbons (Fsp3) is 0.250. The first-order valence-electron chi connectivity index (χ1n) is 5.48. The molecule has 1 aliphatic heterocycles. The first-order valence-corrected chi connectivity index (χ1v) is 5.48. The van der Waals surface area contributed by atoms with Gasteiger partial charge in [0.15, 0.2) is 0 Å². The van der Waals surface area contributed by atoms with Gasteiger partial charge in [0, 0.05) is 24.6 Å². The Hall–Kier alpha value is -2.31. The summed E-state index contributed by atoms with van der Waals surface area (Å²) in [5.41, 5.74) is 1.36. The van der Waals surface area contributed by atoms with Crippen molar-refractivity contribution < 1.29 is 18.4 Å². The smallest absolute Gasteiger partial charge is 0.322 e. The molecule has 1 aromatic rings. The van der Waals surface area contributed by atoms with Crippen LogP contribution in [0.2, 0.25) is 0 Å². The zero-order valence-corrected chi connectivity index (χ0v) is 10.0. The highest BCUT2D eigenvalue weighted by atomic mass is 19.3. The summed E-state index contributed by atoms with van der Waals surface area (Å²) in [6, 6.07) is 4.51. The van der Waals surface area contributed by atoms with Gasteiger partial charge in [-0.2, -0.15) is 8.78 Å². The molecule has 19 heavy (non-hydrogen) atoms. The first-order chi connectivity index (χ1) is 8.79. The van der Waals surface area contributed by atoms with Gasteiger partial charge < -0.3 is 10.6 Å². The molecule has 0 radical (unpaired) electrons. The minimum atomic E-state index is -3.56. The van der Waals surface area contributed by atoms with E-state index in [1.807, 2.05) is 0 Å². The third-order valence-corrected chi connectivity index (χ3v) is 2.72. The monoisotopic (exact) mass is 267 g/mol. The minimum absolute atomic E-state index is 0.202. The normalized spacial score (nSPS) is 13.7. The van der Waals surface area contributed by atoms with E-state index in [0.29, 0.717) is 19.0 Å². The molecule has 7 heteroatoms. The Morgan fingerprint density at radius 3 is 2.79 bits per heavy atom. The number of fused-ring (bicyclic) bond motifs is 1. The van der Waals surface area contributed by atoms with Gasteiger partial charge in [0.2, 0.25) is 0 Å². The summed E-state index contributed by atoms with van der Waals surface area (Å²) in [6.07, 6.45) is 0. The van der Waals surface area contributed by atoms with E-state index < -0.39 is 17.7 Å². The molecule has 100 valence electrons. The van der Waals surface area contributed by atoms with Crippen molar-refractivity contribution in [3.63, 3.8) is 0 Å². The fourth-order valence-electron chi connectivity index (χ4n) is 1.66. The Labute approximate surface area is 107 Å². The molecule has 0 saturated carbocycles. The minimum Gasteiger partial charge on any atom is -0.348 e. The number of halogens is 2. The van der Waals surface area contributed by atoms with Gasteiger partial charge in [-0.1, -0.05) is 12.1 Å². The van der Waals surface area contributed by atoms with Crippen LogP contribution in [0.5, 0.6) is 0 Å². The second-order valence-electron chi connectivity index (χ2n) is 4.27. The standard InChI is InChI=1S/C12H11F2N3O2/c1-12(13,14)11(19)17-9(15)6-2-3-7-5-16-10(18)8(7)4-6/h2-4H,5H2,1H3,(H,16,18)(H2,15,17,19). The van der Waals surface area contributed by atoms with E-state index in [0.717, 1.165) is 5.56 Å². The zero-order valence-electron chi connectivity index (χ0n) is 10.0. The molecular formula is C12H11F2N3O2. The topological polar surface area (TPSA) is 82.1 Å². The molecule has 5 nitrogen and oxygen atoms in total. The molecule has 2 rings (SSSR count). The molecule has 0 atom stereocenters. The van der Waals surface area contributed by atoms with Crippen molar-refractivity contribution in [1.29, 1.82) is 5.41 Å². The van der Waals surface area contributed by atoms with Gasteiger partial charge in [0.1, 0.15) is 5.84 Å². The quantitative estimate of drug-likeness (QED) is 0.552. The summed E-state index contributed by atoms with van der Waals surface area (Å²) >= 11 is 0. The molecule has 0 saturated heterocycles. The van der Waals surface area contributed by atoms with Gasteiger partial charge in [-0.3, -0.25) is 15.0 Å². The summed E-state index contributed by atoms with van der Waals surface area (Å²) < 4.78 is 25.4. The molecule has 3 N–H and O–H groups in total. The molecule has 1 aliphatic rings. The highest BCUT2D eigenvalue weighted by Crippen LogP contribution is 2.17. The number of carbonyl (C=O) groups is 2. The largest absolute Gasteiger partial charge is 0.348 e. The van der Waals surface area contributed by atoms with E-state index in [1.54, 1.807) is 11.4 Å². The van der Waals surface area contributed by atoms with Crippen molar-refractivity contribution in [2.75, 3.05) is 0 Å². The van der Waals surface area contributed by atoms with Crippen LogP contribution in [0.1, 0.15) is 28.4 Å². The third-order valence-electron chi connectivity index (χ3n) is 2.72. The van der Waals surface area contributed by atoms with Crippen LogP contribution in [-0.2, 0) is 11.3 Å². The number of carbonyl (C=O) groups excluding carboxylic acids is 2. The van der Waals surface area contributed by atoms with Gasteiger partial charge in [0.05, 0.1) is 0 Å². The Bertz CT molecular complexity index is 579. The van der Waals surface area contributed by atoms with Crippen LogP contribution in [0.3, 0.4) is 0 Å². The lowest BCUT2D eigenvalue weighted by Gasteiger charge is -2.12. The molecular weight excluding hydrogens is 256 g/mol. The van der Waals surface area contributed by atoms with Crippen molar-refractivity contribution in [1.82, 2.24) is 10.6 Å². The van der Waals surface area contributed by atoms with Gasteiger partial charge >= 0.3 is 5.92 Å². The molecule has 2 amide bonds. The summed E-state index contributed by atoms with van der Waals surface area (Å²) in [4.78, 5) is 22.5. The maximum absolute atomic E-state index is 12.7. The number of nitrogens with one attached hydrogen (secondary N) is 3. The molecule has 1 heterocycles. The third kappa shape index (κ3) is 2.59. The number of amidine groups is 1. The van der Waals surface area contributed by atoms with E-state index in [2.05, 4.69) is 5.32 Å². The van der Waals surface area contributed by atoms with Gasteiger partial charge in [-0.05, 0) is 11.6 Å². The second-order valence-corrected chi connectivity index (χ2v) is 4.27. The van der Waals surface area contributed by atoms with Crippen molar-refractivity contribution in [2.24, 2.45) is 0 Å². The van der Waals surface area contributed by atoms with Crippen LogP contribution in [0.15, 0.2) is 18.2 Å². The number of hydrogen-bond acceptors (Lipinski definition) is 3. The lowest BCUT2D eigenvalue weighted by Crippen LogP contribution is -2.41. The molecule has 0 bridgehead atoms. The molecule has 0 fully saturated rings. The fourth-order valence-corrected chi connectivity index (χ4v) is 1.66. The van der Waals surface area contributed by atoms with E-state index in [4.69, 9.17) is 5.41 Å². The predicted octanol–water partition coefficient (Wildman–Crippen LogP) is 1.03. The molecule has 1 aromatic carbocycles. The molecule has 0 unspecified atom stereocenters.